The van der Waals surface area contributed by atoms with Crippen molar-refractivity contribution in [2.45, 2.75) is 31.8 Å². The van der Waals surface area contributed by atoms with Gasteiger partial charge in [-0.25, -0.2) is 0 Å². The first-order valence-corrected chi connectivity index (χ1v) is 5.69. The average molecular weight is 222 g/mol. The van der Waals surface area contributed by atoms with E-state index < -0.39 is 0 Å². The Morgan fingerprint density at radius 2 is 2.50 bits per heavy atom. The average Bonchev–Trinajstić information content (AvgIpc) is 2.68. The predicted molar refractivity (Wildman–Crippen MR) is 60.8 cm³/mol. The number of nitrogens with one attached hydrogen (secondary N) is 2. The number of rotatable bonds is 3. The van der Waals surface area contributed by atoms with Gasteiger partial charge >= 0.3 is 0 Å². The summed E-state index contributed by atoms with van der Waals surface area (Å²) in [5.74, 6) is 0.113. The lowest BCUT2D eigenvalue weighted by molar-refractivity contribution is -0.124. The zero-order valence-electron chi connectivity index (χ0n) is 9.73. The van der Waals surface area contributed by atoms with Crippen molar-refractivity contribution in [1.82, 2.24) is 20.4 Å². The Labute approximate surface area is 95.2 Å². The molecule has 0 radical (unpaired) electrons. The summed E-state index contributed by atoms with van der Waals surface area (Å²) in [6, 6.07) is 0.0894. The molecule has 0 spiro atoms. The summed E-state index contributed by atoms with van der Waals surface area (Å²) in [5.41, 5.74) is 1.11. The quantitative estimate of drug-likeness (QED) is 0.776. The molecule has 1 amide bonds. The van der Waals surface area contributed by atoms with E-state index in [1.54, 1.807) is 4.68 Å². The van der Waals surface area contributed by atoms with E-state index in [2.05, 4.69) is 22.7 Å². The number of amides is 1. The summed E-state index contributed by atoms with van der Waals surface area (Å²) in [4.78, 5) is 11.6. The molecule has 2 atom stereocenters. The normalized spacial score (nSPS) is 22.9. The monoisotopic (exact) mass is 222 g/mol. The van der Waals surface area contributed by atoms with E-state index in [0.717, 1.165) is 24.9 Å². The van der Waals surface area contributed by atoms with E-state index in [4.69, 9.17) is 0 Å². The molecule has 0 saturated carbocycles. The highest BCUT2D eigenvalue weighted by Crippen LogP contribution is 2.14. The summed E-state index contributed by atoms with van der Waals surface area (Å²) in [7, 11) is 1.89. The second-order valence-corrected chi connectivity index (χ2v) is 4.32. The fourth-order valence-electron chi connectivity index (χ4n) is 1.99. The third-order valence-electron chi connectivity index (χ3n) is 2.96. The summed E-state index contributed by atoms with van der Waals surface area (Å²) in [6.45, 7) is 2.86. The summed E-state index contributed by atoms with van der Waals surface area (Å²) in [6.07, 6.45) is 5.76. The predicted octanol–water partition coefficient (Wildman–Crippen LogP) is 0.349. The number of piperidine rings is 1. The third kappa shape index (κ3) is 2.41. The zero-order valence-corrected chi connectivity index (χ0v) is 9.73. The maximum absolute atomic E-state index is 11.6. The van der Waals surface area contributed by atoms with Gasteiger partial charge in [0.1, 0.15) is 0 Å². The Hall–Kier alpha value is -1.36. The van der Waals surface area contributed by atoms with Crippen molar-refractivity contribution in [2.75, 3.05) is 6.54 Å². The van der Waals surface area contributed by atoms with Crippen molar-refractivity contribution in [3.8, 4) is 0 Å². The molecule has 5 heteroatoms. The number of carbonyl (C=O) groups is 1. The van der Waals surface area contributed by atoms with Crippen LogP contribution in [0.1, 0.15) is 31.4 Å². The standard InChI is InChI=1S/C11H18N4O/c1-8(9-6-13-15(2)7-9)14-10-4-3-5-12-11(10)16/h6-8,10,14H,3-5H2,1-2H3,(H,12,16). The fourth-order valence-corrected chi connectivity index (χ4v) is 1.99. The van der Waals surface area contributed by atoms with Crippen LogP contribution >= 0.6 is 0 Å². The minimum atomic E-state index is -0.0658. The summed E-state index contributed by atoms with van der Waals surface area (Å²) in [5, 5.41) is 10.3. The molecule has 2 rings (SSSR count). The molecule has 2 unspecified atom stereocenters. The number of carbonyl (C=O) groups excluding carboxylic acids is 1. The van der Waals surface area contributed by atoms with Gasteiger partial charge in [-0.05, 0) is 19.8 Å². The van der Waals surface area contributed by atoms with Crippen LogP contribution in [0.2, 0.25) is 0 Å². The maximum Gasteiger partial charge on any atom is 0.237 e. The molecule has 0 bridgehead atoms. The van der Waals surface area contributed by atoms with Gasteiger partial charge in [0.2, 0.25) is 5.91 Å². The Morgan fingerprint density at radius 3 is 3.12 bits per heavy atom. The van der Waals surface area contributed by atoms with Crippen molar-refractivity contribution in [1.29, 1.82) is 0 Å². The number of hydrogen-bond acceptors (Lipinski definition) is 3. The first kappa shape index (κ1) is 11.1. The summed E-state index contributed by atoms with van der Waals surface area (Å²) >= 11 is 0. The lowest BCUT2D eigenvalue weighted by Crippen LogP contribution is -2.48. The first-order chi connectivity index (χ1) is 7.66. The molecule has 2 N–H and O–H groups in total. The van der Waals surface area contributed by atoms with Gasteiger partial charge in [0.25, 0.3) is 0 Å². The van der Waals surface area contributed by atoms with Gasteiger partial charge in [-0.2, -0.15) is 5.10 Å². The molecular weight excluding hydrogens is 204 g/mol. The molecule has 1 aliphatic heterocycles. The molecule has 1 saturated heterocycles. The minimum Gasteiger partial charge on any atom is -0.355 e. The van der Waals surface area contributed by atoms with Crippen LogP contribution in [0, 0.1) is 0 Å². The molecule has 1 aromatic heterocycles. The van der Waals surface area contributed by atoms with Crippen molar-refractivity contribution in [3.05, 3.63) is 18.0 Å². The largest absolute Gasteiger partial charge is 0.355 e. The van der Waals surface area contributed by atoms with Gasteiger partial charge in [-0.3, -0.25) is 14.8 Å². The number of aryl methyl sites for hydroxylation is 1. The van der Waals surface area contributed by atoms with Gasteiger partial charge in [-0.1, -0.05) is 0 Å². The maximum atomic E-state index is 11.6. The van der Waals surface area contributed by atoms with Gasteiger partial charge in [-0.15, -0.1) is 0 Å². The topological polar surface area (TPSA) is 58.9 Å². The van der Waals surface area contributed by atoms with E-state index in [9.17, 15) is 4.79 Å². The van der Waals surface area contributed by atoms with E-state index >= 15 is 0 Å². The SMILES string of the molecule is CC(NC1CCCNC1=O)c1cnn(C)c1. The van der Waals surface area contributed by atoms with Crippen LogP contribution in [0.3, 0.4) is 0 Å². The van der Waals surface area contributed by atoms with Gasteiger partial charge in [0.15, 0.2) is 0 Å². The molecule has 1 aromatic rings. The van der Waals surface area contributed by atoms with Crippen LogP contribution in [0.5, 0.6) is 0 Å². The highest BCUT2D eigenvalue weighted by molar-refractivity contribution is 5.82. The third-order valence-corrected chi connectivity index (χ3v) is 2.96. The highest BCUT2D eigenvalue weighted by Gasteiger charge is 2.23. The van der Waals surface area contributed by atoms with Crippen LogP contribution in [-0.2, 0) is 11.8 Å². The lowest BCUT2D eigenvalue weighted by Gasteiger charge is -2.25. The molecule has 0 aliphatic carbocycles. The van der Waals surface area contributed by atoms with Crippen molar-refractivity contribution in [3.63, 3.8) is 0 Å². The van der Waals surface area contributed by atoms with E-state index in [1.165, 1.54) is 0 Å². The molecule has 88 valence electrons. The smallest absolute Gasteiger partial charge is 0.237 e. The van der Waals surface area contributed by atoms with Gasteiger partial charge in [0.05, 0.1) is 12.2 Å². The van der Waals surface area contributed by atoms with Crippen LogP contribution < -0.4 is 10.6 Å². The zero-order chi connectivity index (χ0) is 11.5. The fraction of sp³-hybridized carbons (Fsp3) is 0.636. The van der Waals surface area contributed by atoms with Gasteiger partial charge < -0.3 is 5.32 Å². The molecular formula is C11H18N4O. The van der Waals surface area contributed by atoms with E-state index in [0.29, 0.717) is 0 Å². The first-order valence-electron chi connectivity index (χ1n) is 5.69. The van der Waals surface area contributed by atoms with Crippen LogP contribution in [0.4, 0.5) is 0 Å². The van der Waals surface area contributed by atoms with Crippen LogP contribution in [-0.4, -0.2) is 28.3 Å². The molecule has 16 heavy (non-hydrogen) atoms. The molecule has 5 nitrogen and oxygen atoms in total. The van der Waals surface area contributed by atoms with Crippen molar-refractivity contribution < 1.29 is 4.79 Å². The molecule has 0 aromatic carbocycles. The van der Waals surface area contributed by atoms with E-state index in [1.807, 2.05) is 19.4 Å². The van der Waals surface area contributed by atoms with Crippen molar-refractivity contribution in [2.24, 2.45) is 7.05 Å². The van der Waals surface area contributed by atoms with E-state index in [-0.39, 0.29) is 18.0 Å². The Bertz CT molecular complexity index is 374. The van der Waals surface area contributed by atoms with Crippen LogP contribution in [0.25, 0.3) is 0 Å². The highest BCUT2D eigenvalue weighted by atomic mass is 16.2. The number of hydrogen-bond donors (Lipinski definition) is 2. The molecule has 2 heterocycles. The lowest BCUT2D eigenvalue weighted by atomic mass is 10.0. The molecule has 1 aliphatic rings. The Balaban J connectivity index is 1.96. The minimum absolute atomic E-state index is 0.0658. The molecule has 1 fully saturated rings. The number of nitrogens with zero attached hydrogens (tertiary/aromatic N) is 2. The Kier molecular flexibility index (Phi) is 3.24. The second-order valence-electron chi connectivity index (χ2n) is 4.32. The van der Waals surface area contributed by atoms with Crippen molar-refractivity contribution >= 4 is 5.91 Å². The van der Waals surface area contributed by atoms with Gasteiger partial charge in [0, 0.05) is 31.4 Å². The second kappa shape index (κ2) is 4.65. The van der Waals surface area contributed by atoms with Crippen LogP contribution in [0.15, 0.2) is 12.4 Å². The Morgan fingerprint density at radius 1 is 1.69 bits per heavy atom. The number of aromatic nitrogens is 2. The summed E-state index contributed by atoms with van der Waals surface area (Å²) < 4.78 is 1.77.